The summed E-state index contributed by atoms with van der Waals surface area (Å²) in [5, 5.41) is 25.3. The van der Waals surface area contributed by atoms with E-state index < -0.39 is 88.0 Å². The summed E-state index contributed by atoms with van der Waals surface area (Å²) in [5.41, 5.74) is -6.20. The number of nitrogens with zero attached hydrogens (tertiary/aromatic N) is 1. The molecule has 3 rings (SSSR count). The number of carboxylic acid groups (broad SMARTS) is 1. The third-order valence-electron chi connectivity index (χ3n) is 8.11. The lowest BCUT2D eigenvalue weighted by Crippen LogP contribution is -2.47. The fourth-order valence-electron chi connectivity index (χ4n) is 5.51. The van der Waals surface area contributed by atoms with Crippen molar-refractivity contribution < 1.29 is 79.2 Å². The predicted molar refractivity (Wildman–Crippen MR) is 252 cm³/mol. The first-order chi connectivity index (χ1) is 32.6. The largest absolute Gasteiger partial charge is 0.465 e. The van der Waals surface area contributed by atoms with Crippen LogP contribution in [0.3, 0.4) is 0 Å². The molecular formula is C45H56F6N8O11S. The summed E-state index contributed by atoms with van der Waals surface area (Å²) < 4.78 is 105. The maximum Gasteiger partial charge on any atom is 0.416 e. The number of carbonyl (C=O) groups excluding carboxylic acids is 5. The van der Waals surface area contributed by atoms with Crippen LogP contribution in [0.5, 0.6) is 11.5 Å². The number of rotatable bonds is 15. The topological polar surface area (TPSA) is 256 Å². The summed E-state index contributed by atoms with van der Waals surface area (Å²) >= 11 is 0.878. The van der Waals surface area contributed by atoms with Gasteiger partial charge in [0.15, 0.2) is 0 Å². The minimum absolute atomic E-state index is 0.0000200. The van der Waals surface area contributed by atoms with E-state index in [-0.39, 0.29) is 71.8 Å². The summed E-state index contributed by atoms with van der Waals surface area (Å²) in [4.78, 5) is 79.0. The average molecular weight is 1030 g/mol. The van der Waals surface area contributed by atoms with Crippen molar-refractivity contribution in [3.05, 3.63) is 65.7 Å². The van der Waals surface area contributed by atoms with Gasteiger partial charge in [-0.2, -0.15) is 26.3 Å². The maximum atomic E-state index is 14.4. The quantitative estimate of drug-likeness (QED) is 0.0177. The number of alkyl carbamates (subject to hydrolysis) is 3. The summed E-state index contributed by atoms with van der Waals surface area (Å²) in [5.74, 6) is -1.47. The van der Waals surface area contributed by atoms with Crippen molar-refractivity contribution in [2.75, 3.05) is 40.1 Å². The Morgan fingerprint density at radius 2 is 1.13 bits per heavy atom. The molecule has 0 unspecified atom stereocenters. The van der Waals surface area contributed by atoms with E-state index in [1.165, 1.54) is 24.3 Å². The molecule has 0 heterocycles. The van der Waals surface area contributed by atoms with E-state index in [2.05, 4.69) is 36.9 Å². The molecular weight excluding hydrogens is 975 g/mol. The first kappa shape index (κ1) is 58.2. The van der Waals surface area contributed by atoms with Crippen LogP contribution in [-0.4, -0.2) is 83.0 Å². The SMILES string of the molecule is CC(C)(C)OC(=O)NCCSc1c(NC(=O)CCCCN=C(NC(=O)OC(C)(C)C)NC(=O)OC(C)(C)C)cc(C(F)(F)F)cc1NC(=O)Nc1ccc(Oc2cc(NC(=O)O)cc(C(F)(F)F)c2)cc1. The number of hydrogen-bond acceptors (Lipinski definition) is 12. The van der Waals surface area contributed by atoms with Crippen LogP contribution in [0.15, 0.2) is 64.5 Å². The number of urea groups is 1. The molecule has 0 atom stereocenters. The zero-order chi connectivity index (χ0) is 53.5. The van der Waals surface area contributed by atoms with Crippen LogP contribution < -0.4 is 42.0 Å². The van der Waals surface area contributed by atoms with Crippen LogP contribution in [0, 0.1) is 0 Å². The number of alkyl halides is 6. The van der Waals surface area contributed by atoms with E-state index in [1.807, 2.05) is 5.32 Å². The van der Waals surface area contributed by atoms with E-state index in [0.717, 1.165) is 17.8 Å². The molecule has 7 amide bonds. The first-order valence-corrected chi connectivity index (χ1v) is 22.4. The number of ether oxygens (including phenoxy) is 4. The molecule has 3 aromatic rings. The summed E-state index contributed by atoms with van der Waals surface area (Å²) in [6.45, 7) is 14.5. The number of guanidine groups is 1. The number of nitrogens with one attached hydrogen (secondary N) is 7. The molecule has 0 spiro atoms. The van der Waals surface area contributed by atoms with Gasteiger partial charge in [-0.05, 0) is 124 Å². The summed E-state index contributed by atoms with van der Waals surface area (Å²) in [7, 11) is 0. The number of aliphatic imine (C=N–C) groups is 1. The van der Waals surface area contributed by atoms with Gasteiger partial charge in [-0.1, -0.05) is 0 Å². The predicted octanol–water partition coefficient (Wildman–Crippen LogP) is 11.4. The molecule has 71 heavy (non-hydrogen) atoms. The molecule has 0 radical (unpaired) electrons. The Morgan fingerprint density at radius 1 is 0.606 bits per heavy atom. The Kier molecular flexibility index (Phi) is 20.2. The van der Waals surface area contributed by atoms with Crippen molar-refractivity contribution in [3.63, 3.8) is 0 Å². The molecule has 0 aromatic heterocycles. The Hall–Kier alpha value is -7.12. The van der Waals surface area contributed by atoms with Crippen molar-refractivity contribution in [3.8, 4) is 11.5 Å². The van der Waals surface area contributed by atoms with Gasteiger partial charge in [0.2, 0.25) is 11.9 Å². The number of amides is 7. The lowest BCUT2D eigenvalue weighted by molar-refractivity contribution is -0.138. The second kappa shape index (κ2) is 24.6. The van der Waals surface area contributed by atoms with Crippen molar-refractivity contribution in [2.24, 2.45) is 4.99 Å². The zero-order valence-corrected chi connectivity index (χ0v) is 40.9. The van der Waals surface area contributed by atoms with Gasteiger partial charge in [-0.3, -0.25) is 25.7 Å². The molecule has 26 heteroatoms. The van der Waals surface area contributed by atoms with Gasteiger partial charge in [0.05, 0.1) is 27.4 Å². The Morgan fingerprint density at radius 3 is 1.65 bits per heavy atom. The van der Waals surface area contributed by atoms with Crippen molar-refractivity contribution in [2.45, 2.75) is 116 Å². The minimum Gasteiger partial charge on any atom is -0.465 e. The number of carbonyl (C=O) groups is 6. The normalized spacial score (nSPS) is 11.8. The van der Waals surface area contributed by atoms with E-state index in [0.29, 0.717) is 24.3 Å². The Labute approximate surface area is 408 Å². The van der Waals surface area contributed by atoms with Crippen LogP contribution >= 0.6 is 11.8 Å². The Balaban J connectivity index is 1.85. The van der Waals surface area contributed by atoms with Crippen LogP contribution in [0.4, 0.5) is 73.1 Å². The molecule has 0 fully saturated rings. The lowest BCUT2D eigenvalue weighted by atomic mass is 10.1. The Bertz CT molecular complexity index is 2380. The van der Waals surface area contributed by atoms with Crippen molar-refractivity contribution >= 4 is 76.8 Å². The highest BCUT2D eigenvalue weighted by molar-refractivity contribution is 7.99. The van der Waals surface area contributed by atoms with E-state index >= 15 is 0 Å². The van der Waals surface area contributed by atoms with E-state index in [9.17, 15) is 55.1 Å². The standard InChI is InChI=1S/C45H56F6N8O11S/c1-41(2,3)68-38(64)53-18-19-71-34-31(56-33(60)12-10-11-17-52-35(58-39(65)69-42(4,5)6)59-40(66)70-43(7,8)9)22-26(45(49,50)51)23-32(34)57-36(61)54-27-13-15-29(16-14-27)67-30-21-25(44(46,47)48)20-28(24-30)55-37(62)63/h13-16,20-24,55H,10-12,17-19H2,1-9H3,(H,53,64)(H,56,60)(H,62,63)(H2,54,57,61)(H2,52,58,59,65,66). The monoisotopic (exact) mass is 1030 g/mol. The van der Waals surface area contributed by atoms with Gasteiger partial charge in [-0.15, -0.1) is 11.8 Å². The second-order valence-electron chi connectivity index (χ2n) is 18.0. The highest BCUT2D eigenvalue weighted by Crippen LogP contribution is 2.41. The van der Waals surface area contributed by atoms with Gasteiger partial charge < -0.3 is 45.3 Å². The van der Waals surface area contributed by atoms with Gasteiger partial charge in [0, 0.05) is 42.7 Å². The highest BCUT2D eigenvalue weighted by atomic mass is 32.2. The molecule has 0 bridgehead atoms. The number of anilines is 4. The highest BCUT2D eigenvalue weighted by Gasteiger charge is 2.34. The maximum absolute atomic E-state index is 14.4. The molecule has 0 aliphatic carbocycles. The van der Waals surface area contributed by atoms with E-state index in [1.54, 1.807) is 62.3 Å². The third kappa shape index (κ3) is 22.9. The average Bonchev–Trinajstić information content (AvgIpc) is 3.17. The number of hydrogen-bond donors (Lipinski definition) is 8. The van der Waals surface area contributed by atoms with Gasteiger partial charge in [0.25, 0.3) is 0 Å². The molecule has 3 aromatic carbocycles. The molecule has 390 valence electrons. The first-order valence-electron chi connectivity index (χ1n) is 21.4. The fourth-order valence-corrected chi connectivity index (χ4v) is 6.45. The second-order valence-corrected chi connectivity index (χ2v) is 19.1. The van der Waals surface area contributed by atoms with Crippen molar-refractivity contribution in [1.82, 2.24) is 16.0 Å². The smallest absolute Gasteiger partial charge is 0.416 e. The number of thioether (sulfide) groups is 1. The molecule has 0 aliphatic rings. The number of unbranched alkanes of at least 4 members (excludes halogenated alkanes) is 1. The van der Waals surface area contributed by atoms with Gasteiger partial charge >= 0.3 is 42.8 Å². The molecule has 0 saturated carbocycles. The van der Waals surface area contributed by atoms with Gasteiger partial charge in [0.1, 0.15) is 28.3 Å². The van der Waals surface area contributed by atoms with Crippen LogP contribution in [-0.2, 0) is 31.4 Å². The number of benzene rings is 3. The molecule has 0 aliphatic heterocycles. The zero-order valence-electron chi connectivity index (χ0n) is 40.1. The van der Waals surface area contributed by atoms with Crippen LogP contribution in [0.25, 0.3) is 0 Å². The third-order valence-corrected chi connectivity index (χ3v) is 9.25. The van der Waals surface area contributed by atoms with E-state index in [4.69, 9.17) is 24.1 Å². The lowest BCUT2D eigenvalue weighted by Gasteiger charge is -2.22. The minimum atomic E-state index is -4.98. The summed E-state index contributed by atoms with van der Waals surface area (Å²) in [6, 6.07) is 7.47. The fraction of sp³-hybridized carbons (Fsp3) is 0.444. The van der Waals surface area contributed by atoms with Gasteiger partial charge in [-0.25, -0.2) is 24.0 Å². The molecule has 8 N–H and O–H groups in total. The molecule has 19 nitrogen and oxygen atoms in total. The van der Waals surface area contributed by atoms with Crippen molar-refractivity contribution in [1.29, 1.82) is 0 Å². The number of halogens is 6. The summed E-state index contributed by atoms with van der Waals surface area (Å²) in [6.07, 6.45) is -14.0. The van der Waals surface area contributed by atoms with Crippen LogP contribution in [0.1, 0.15) is 92.7 Å². The van der Waals surface area contributed by atoms with Crippen LogP contribution in [0.2, 0.25) is 0 Å². The molecule has 0 saturated heterocycles.